The van der Waals surface area contributed by atoms with Crippen molar-refractivity contribution >= 4 is 5.97 Å². The van der Waals surface area contributed by atoms with Crippen molar-refractivity contribution in [1.82, 2.24) is 14.9 Å². The van der Waals surface area contributed by atoms with Crippen molar-refractivity contribution in [2.75, 3.05) is 33.4 Å². The molecule has 1 saturated heterocycles. The first-order valence-electron chi connectivity index (χ1n) is 7.58. The molecule has 1 aromatic rings. The third-order valence-corrected chi connectivity index (χ3v) is 3.91. The van der Waals surface area contributed by atoms with Gasteiger partial charge in [0.2, 0.25) is 5.88 Å². The second kappa shape index (κ2) is 6.39. The molecule has 6 nitrogen and oxygen atoms in total. The van der Waals surface area contributed by atoms with Crippen LogP contribution in [-0.2, 0) is 4.74 Å². The van der Waals surface area contributed by atoms with Crippen molar-refractivity contribution < 1.29 is 14.3 Å². The van der Waals surface area contributed by atoms with Crippen molar-refractivity contribution in [1.29, 1.82) is 0 Å². The number of hydrogen-bond donors (Lipinski definition) is 0. The summed E-state index contributed by atoms with van der Waals surface area (Å²) in [5.74, 6) is 1.11. The molecular formula is C15H21N3O3. The highest BCUT2D eigenvalue weighted by Gasteiger charge is 2.28. The Kier molecular flexibility index (Phi) is 4.34. The zero-order valence-electron chi connectivity index (χ0n) is 12.4. The fraction of sp³-hybridized carbons (Fsp3) is 0.667. The SMILES string of the molecule is COC(=O)c1cc(OCCN2CCCC2)nc(C2CC2)n1. The third kappa shape index (κ3) is 3.69. The van der Waals surface area contributed by atoms with Crippen LogP contribution in [0.2, 0.25) is 0 Å². The highest BCUT2D eigenvalue weighted by Crippen LogP contribution is 2.38. The van der Waals surface area contributed by atoms with E-state index in [1.807, 2.05) is 0 Å². The minimum Gasteiger partial charge on any atom is -0.476 e. The van der Waals surface area contributed by atoms with Crippen molar-refractivity contribution in [2.45, 2.75) is 31.6 Å². The van der Waals surface area contributed by atoms with E-state index < -0.39 is 5.97 Å². The second-order valence-corrected chi connectivity index (χ2v) is 5.61. The van der Waals surface area contributed by atoms with Crippen molar-refractivity contribution in [3.05, 3.63) is 17.6 Å². The van der Waals surface area contributed by atoms with E-state index in [1.165, 1.54) is 20.0 Å². The van der Waals surface area contributed by atoms with Gasteiger partial charge in [0.25, 0.3) is 0 Å². The van der Waals surface area contributed by atoms with Gasteiger partial charge in [-0.2, -0.15) is 4.98 Å². The molecular weight excluding hydrogens is 270 g/mol. The van der Waals surface area contributed by atoms with Gasteiger partial charge in [0.05, 0.1) is 7.11 Å². The molecule has 0 aromatic carbocycles. The quantitative estimate of drug-likeness (QED) is 0.742. The largest absolute Gasteiger partial charge is 0.476 e. The molecule has 21 heavy (non-hydrogen) atoms. The van der Waals surface area contributed by atoms with E-state index in [4.69, 9.17) is 9.47 Å². The summed E-state index contributed by atoms with van der Waals surface area (Å²) in [4.78, 5) is 22.7. The molecule has 114 valence electrons. The van der Waals surface area contributed by atoms with Crippen LogP contribution in [-0.4, -0.2) is 54.2 Å². The van der Waals surface area contributed by atoms with E-state index in [0.29, 0.717) is 24.2 Å². The summed E-state index contributed by atoms with van der Waals surface area (Å²) in [6.45, 7) is 3.78. The maximum absolute atomic E-state index is 11.7. The Labute approximate surface area is 124 Å². The zero-order valence-corrected chi connectivity index (χ0v) is 12.4. The molecule has 0 radical (unpaired) electrons. The molecule has 2 heterocycles. The minimum atomic E-state index is -0.441. The molecule has 0 atom stereocenters. The lowest BCUT2D eigenvalue weighted by molar-refractivity contribution is 0.0592. The Bertz CT molecular complexity index is 511. The number of ether oxygens (including phenoxy) is 2. The number of methoxy groups -OCH3 is 1. The maximum Gasteiger partial charge on any atom is 0.356 e. The molecule has 6 heteroatoms. The van der Waals surface area contributed by atoms with Gasteiger partial charge in [-0.1, -0.05) is 0 Å². The van der Waals surface area contributed by atoms with Gasteiger partial charge in [-0.15, -0.1) is 0 Å². The average Bonchev–Trinajstić information content (AvgIpc) is 3.24. The number of esters is 1. The molecule has 1 saturated carbocycles. The van der Waals surface area contributed by atoms with E-state index in [-0.39, 0.29) is 5.69 Å². The van der Waals surface area contributed by atoms with Gasteiger partial charge >= 0.3 is 5.97 Å². The summed E-state index contributed by atoms with van der Waals surface area (Å²) in [5, 5.41) is 0. The number of hydrogen-bond acceptors (Lipinski definition) is 6. The number of likely N-dealkylation sites (tertiary alicyclic amines) is 1. The smallest absolute Gasteiger partial charge is 0.356 e. The van der Waals surface area contributed by atoms with Gasteiger partial charge in [-0.25, -0.2) is 9.78 Å². The van der Waals surface area contributed by atoms with Crippen LogP contribution >= 0.6 is 0 Å². The standard InChI is InChI=1S/C15H21N3O3/c1-20-15(19)12-10-13(17-14(16-12)11-4-5-11)21-9-8-18-6-2-3-7-18/h10-11H,2-9H2,1H3. The van der Waals surface area contributed by atoms with Crippen molar-refractivity contribution in [3.8, 4) is 5.88 Å². The second-order valence-electron chi connectivity index (χ2n) is 5.61. The molecule has 0 bridgehead atoms. The highest BCUT2D eigenvalue weighted by atomic mass is 16.5. The summed E-state index contributed by atoms with van der Waals surface area (Å²) in [6, 6.07) is 1.57. The predicted molar refractivity (Wildman–Crippen MR) is 76.5 cm³/mol. The number of carbonyl (C=O) groups is 1. The summed E-state index contributed by atoms with van der Waals surface area (Å²) >= 11 is 0. The summed E-state index contributed by atoms with van der Waals surface area (Å²) in [6.07, 6.45) is 4.70. The number of nitrogens with zero attached hydrogens (tertiary/aromatic N) is 3. The van der Waals surface area contributed by atoms with Gasteiger partial charge in [-0.3, -0.25) is 4.90 Å². The first-order valence-corrected chi connectivity index (χ1v) is 7.58. The summed E-state index contributed by atoms with van der Waals surface area (Å²) < 4.78 is 10.5. The Morgan fingerprint density at radius 2 is 2.10 bits per heavy atom. The molecule has 3 rings (SSSR count). The molecule has 2 fully saturated rings. The normalized spacial score (nSPS) is 18.7. The molecule has 0 N–H and O–H groups in total. The van der Waals surface area contributed by atoms with Gasteiger partial charge in [-0.05, 0) is 38.8 Å². The molecule has 0 spiro atoms. The lowest BCUT2D eigenvalue weighted by Gasteiger charge is -2.15. The van der Waals surface area contributed by atoms with Gasteiger partial charge in [0.15, 0.2) is 5.69 Å². The van der Waals surface area contributed by atoms with E-state index in [0.717, 1.165) is 32.5 Å². The summed E-state index contributed by atoms with van der Waals surface area (Å²) in [5.41, 5.74) is 0.283. The Hall–Kier alpha value is -1.69. The van der Waals surface area contributed by atoms with Crippen LogP contribution in [0.3, 0.4) is 0 Å². The maximum atomic E-state index is 11.7. The minimum absolute atomic E-state index is 0.283. The highest BCUT2D eigenvalue weighted by molar-refractivity contribution is 5.87. The van der Waals surface area contributed by atoms with Crippen LogP contribution in [0.4, 0.5) is 0 Å². The Morgan fingerprint density at radius 3 is 2.76 bits per heavy atom. The fourth-order valence-electron chi connectivity index (χ4n) is 2.54. The fourth-order valence-corrected chi connectivity index (χ4v) is 2.54. The van der Waals surface area contributed by atoms with Crippen LogP contribution in [0.1, 0.15) is 47.9 Å². The first kappa shape index (κ1) is 14.3. The predicted octanol–water partition coefficient (Wildman–Crippen LogP) is 1.62. The van der Waals surface area contributed by atoms with Crippen LogP contribution < -0.4 is 4.74 Å². The number of aromatic nitrogens is 2. The van der Waals surface area contributed by atoms with Crippen LogP contribution in [0.25, 0.3) is 0 Å². The van der Waals surface area contributed by atoms with E-state index in [1.54, 1.807) is 6.07 Å². The van der Waals surface area contributed by atoms with E-state index in [2.05, 4.69) is 14.9 Å². The van der Waals surface area contributed by atoms with Crippen molar-refractivity contribution in [2.24, 2.45) is 0 Å². The third-order valence-electron chi connectivity index (χ3n) is 3.91. The van der Waals surface area contributed by atoms with Gasteiger partial charge < -0.3 is 9.47 Å². The molecule has 0 amide bonds. The summed E-state index contributed by atoms with van der Waals surface area (Å²) in [7, 11) is 1.36. The molecule has 1 aliphatic heterocycles. The number of rotatable bonds is 6. The van der Waals surface area contributed by atoms with Gasteiger partial charge in [0, 0.05) is 18.5 Å². The first-order chi connectivity index (χ1) is 10.3. The average molecular weight is 291 g/mol. The molecule has 1 aliphatic carbocycles. The zero-order chi connectivity index (χ0) is 14.7. The molecule has 2 aliphatic rings. The van der Waals surface area contributed by atoms with Gasteiger partial charge in [0.1, 0.15) is 12.4 Å². The molecule has 1 aromatic heterocycles. The topological polar surface area (TPSA) is 64.6 Å². The monoisotopic (exact) mass is 291 g/mol. The Morgan fingerprint density at radius 1 is 1.33 bits per heavy atom. The Balaban J connectivity index is 1.64. The molecule has 0 unspecified atom stereocenters. The number of carbonyl (C=O) groups excluding carboxylic acids is 1. The van der Waals surface area contributed by atoms with E-state index in [9.17, 15) is 4.79 Å². The van der Waals surface area contributed by atoms with Crippen LogP contribution in [0.15, 0.2) is 6.07 Å². The lowest BCUT2D eigenvalue weighted by atomic mass is 10.3. The van der Waals surface area contributed by atoms with Crippen LogP contribution in [0, 0.1) is 0 Å². The van der Waals surface area contributed by atoms with Crippen LogP contribution in [0.5, 0.6) is 5.88 Å². The lowest BCUT2D eigenvalue weighted by Crippen LogP contribution is -2.25. The van der Waals surface area contributed by atoms with E-state index >= 15 is 0 Å². The van der Waals surface area contributed by atoms with Crippen molar-refractivity contribution in [3.63, 3.8) is 0 Å².